The van der Waals surface area contributed by atoms with Gasteiger partial charge in [-0.3, -0.25) is 9.11 Å². The van der Waals surface area contributed by atoms with Gasteiger partial charge in [0.15, 0.2) is 0 Å². The molecule has 8 nitrogen and oxygen atoms in total. The van der Waals surface area contributed by atoms with Crippen molar-refractivity contribution in [2.45, 2.75) is 0 Å². The molecule has 0 amide bonds. The van der Waals surface area contributed by atoms with Gasteiger partial charge in [0.25, 0.3) is 20.2 Å². The van der Waals surface area contributed by atoms with E-state index in [1.807, 2.05) is 36.4 Å². The minimum atomic E-state index is -4.62. The van der Waals surface area contributed by atoms with Crippen molar-refractivity contribution in [3.8, 4) is 0 Å². The normalized spacial score (nSPS) is 11.5. The zero-order valence-corrected chi connectivity index (χ0v) is 15.6. The van der Waals surface area contributed by atoms with Gasteiger partial charge in [-0.2, -0.15) is 16.8 Å². The SMILES string of the molecule is Nc1ccccc1Nc1ccc2ccccc2c1.O=S(=O)(O)CS(=O)(=O)O. The lowest BCUT2D eigenvalue weighted by Gasteiger charge is -2.09. The third-order valence-electron chi connectivity index (χ3n) is 3.29. The summed E-state index contributed by atoms with van der Waals surface area (Å²) in [6.45, 7) is 0. The minimum Gasteiger partial charge on any atom is -0.397 e. The van der Waals surface area contributed by atoms with Gasteiger partial charge in [0.1, 0.15) is 0 Å². The first-order valence-electron chi connectivity index (χ1n) is 7.54. The van der Waals surface area contributed by atoms with Crippen LogP contribution < -0.4 is 11.1 Å². The molecule has 0 atom stereocenters. The van der Waals surface area contributed by atoms with Crippen molar-refractivity contribution in [1.82, 2.24) is 0 Å². The summed E-state index contributed by atoms with van der Waals surface area (Å²) in [7, 11) is -9.24. The highest BCUT2D eigenvalue weighted by Gasteiger charge is 2.15. The van der Waals surface area contributed by atoms with Crippen LogP contribution in [0.15, 0.2) is 66.7 Å². The van der Waals surface area contributed by atoms with Gasteiger partial charge in [-0.25, -0.2) is 0 Å². The second kappa shape index (κ2) is 8.35. The van der Waals surface area contributed by atoms with E-state index in [0.717, 1.165) is 17.1 Å². The second-order valence-electron chi connectivity index (χ2n) is 5.56. The molecule has 0 spiro atoms. The number of nitrogens with one attached hydrogen (secondary N) is 1. The van der Waals surface area contributed by atoms with E-state index in [0.29, 0.717) is 0 Å². The Morgan fingerprint density at radius 1 is 0.778 bits per heavy atom. The maximum Gasteiger partial charge on any atom is 0.281 e. The summed E-state index contributed by atoms with van der Waals surface area (Å²) in [6, 6.07) is 22.4. The molecule has 0 saturated carbocycles. The van der Waals surface area contributed by atoms with E-state index in [-0.39, 0.29) is 0 Å². The summed E-state index contributed by atoms with van der Waals surface area (Å²) in [5.41, 5.74) is 8.66. The maximum atomic E-state index is 9.66. The van der Waals surface area contributed by atoms with Crippen molar-refractivity contribution in [3.05, 3.63) is 66.7 Å². The van der Waals surface area contributed by atoms with Crippen LogP contribution in [0.5, 0.6) is 0 Å². The van der Waals surface area contributed by atoms with Crippen molar-refractivity contribution >= 4 is 48.1 Å². The van der Waals surface area contributed by atoms with Gasteiger partial charge in [-0.15, -0.1) is 0 Å². The predicted octanol–water partition coefficient (Wildman–Crippen LogP) is 2.89. The zero-order chi connectivity index (χ0) is 20.1. The summed E-state index contributed by atoms with van der Waals surface area (Å²) < 4.78 is 54.2. The molecule has 0 radical (unpaired) electrons. The number of fused-ring (bicyclic) bond motifs is 1. The molecule has 0 saturated heterocycles. The van der Waals surface area contributed by atoms with Crippen LogP contribution in [0.1, 0.15) is 0 Å². The van der Waals surface area contributed by atoms with E-state index in [9.17, 15) is 16.8 Å². The van der Waals surface area contributed by atoms with Crippen molar-refractivity contribution in [2.75, 3.05) is 16.1 Å². The number of anilines is 3. The molecule has 3 aromatic carbocycles. The predicted molar refractivity (Wildman–Crippen MR) is 106 cm³/mol. The second-order valence-corrected chi connectivity index (χ2v) is 8.83. The molecule has 0 aromatic heterocycles. The van der Waals surface area contributed by atoms with Gasteiger partial charge in [-0.1, -0.05) is 42.5 Å². The van der Waals surface area contributed by atoms with Crippen LogP contribution >= 0.6 is 0 Å². The number of hydrogen-bond donors (Lipinski definition) is 4. The molecule has 0 heterocycles. The van der Waals surface area contributed by atoms with Gasteiger partial charge in [0.2, 0.25) is 5.08 Å². The summed E-state index contributed by atoms with van der Waals surface area (Å²) >= 11 is 0. The fraction of sp³-hybridized carbons (Fsp3) is 0.0588. The first kappa shape index (κ1) is 20.6. The molecule has 3 aromatic rings. The highest BCUT2D eigenvalue weighted by atomic mass is 32.3. The third kappa shape index (κ3) is 7.23. The summed E-state index contributed by atoms with van der Waals surface area (Å²) in [5.74, 6) is 0. The number of nitrogens with two attached hydrogens (primary N) is 1. The lowest BCUT2D eigenvalue weighted by molar-refractivity contribution is 0.471. The lowest BCUT2D eigenvalue weighted by Crippen LogP contribution is -2.13. The molecule has 144 valence electrons. The Morgan fingerprint density at radius 2 is 1.33 bits per heavy atom. The van der Waals surface area contributed by atoms with E-state index < -0.39 is 25.3 Å². The minimum absolute atomic E-state index is 0.755. The standard InChI is InChI=1S/C16H14N2.CH4O6S2/c17-15-7-3-4-8-16(15)18-14-10-9-12-5-1-2-6-13(12)11-14;2-8(3,4)1-9(5,6)7/h1-11,18H,17H2;1H2,(H,2,3,4)(H,5,6,7). The third-order valence-corrected chi connectivity index (χ3v) is 5.67. The summed E-state index contributed by atoms with van der Waals surface area (Å²) in [6.07, 6.45) is 0. The Balaban J connectivity index is 0.000000249. The highest BCUT2D eigenvalue weighted by molar-refractivity contribution is 8.02. The van der Waals surface area contributed by atoms with Gasteiger partial charge < -0.3 is 11.1 Å². The molecule has 27 heavy (non-hydrogen) atoms. The summed E-state index contributed by atoms with van der Waals surface area (Å²) in [5, 5.41) is 4.15. The Bertz CT molecular complexity index is 1110. The molecule has 0 aliphatic heterocycles. The molecular weight excluding hydrogens is 392 g/mol. The van der Waals surface area contributed by atoms with Crippen LogP contribution in [0, 0.1) is 0 Å². The zero-order valence-electron chi connectivity index (χ0n) is 14.0. The highest BCUT2D eigenvalue weighted by Crippen LogP contribution is 2.25. The van der Waals surface area contributed by atoms with Crippen molar-refractivity contribution < 1.29 is 25.9 Å². The molecule has 3 rings (SSSR count). The number of benzene rings is 3. The molecular formula is C17H18N2O6S2. The van der Waals surface area contributed by atoms with Crippen LogP contribution in [0.2, 0.25) is 0 Å². The van der Waals surface area contributed by atoms with Gasteiger partial charge in [0, 0.05) is 5.69 Å². The van der Waals surface area contributed by atoms with Crippen LogP contribution in [0.3, 0.4) is 0 Å². The smallest absolute Gasteiger partial charge is 0.281 e. The molecule has 0 bridgehead atoms. The number of para-hydroxylation sites is 2. The monoisotopic (exact) mass is 410 g/mol. The quantitative estimate of drug-likeness (QED) is 0.379. The Labute approximate surface area is 157 Å². The van der Waals surface area contributed by atoms with Gasteiger partial charge in [-0.05, 0) is 35.0 Å². The first-order valence-corrected chi connectivity index (χ1v) is 10.8. The van der Waals surface area contributed by atoms with Gasteiger partial charge >= 0.3 is 0 Å². The van der Waals surface area contributed by atoms with Crippen LogP contribution in [0.25, 0.3) is 10.8 Å². The van der Waals surface area contributed by atoms with E-state index in [1.165, 1.54) is 10.8 Å². The van der Waals surface area contributed by atoms with E-state index in [4.69, 9.17) is 14.8 Å². The molecule has 0 aliphatic rings. The lowest BCUT2D eigenvalue weighted by atomic mass is 10.1. The van der Waals surface area contributed by atoms with Crippen LogP contribution in [-0.2, 0) is 20.2 Å². The number of nitrogen functional groups attached to an aromatic ring is 1. The van der Waals surface area contributed by atoms with E-state index in [1.54, 1.807) is 0 Å². The van der Waals surface area contributed by atoms with Gasteiger partial charge in [0.05, 0.1) is 11.4 Å². The Morgan fingerprint density at radius 3 is 1.89 bits per heavy atom. The fourth-order valence-corrected chi connectivity index (χ4v) is 3.73. The van der Waals surface area contributed by atoms with E-state index in [2.05, 4.69) is 35.6 Å². The molecule has 0 aliphatic carbocycles. The number of hydrogen-bond acceptors (Lipinski definition) is 6. The molecule has 0 fully saturated rings. The average molecular weight is 410 g/mol. The van der Waals surface area contributed by atoms with Crippen molar-refractivity contribution in [1.29, 1.82) is 0 Å². The Hall–Kier alpha value is -2.66. The van der Waals surface area contributed by atoms with Crippen LogP contribution in [-0.4, -0.2) is 31.0 Å². The molecule has 0 unspecified atom stereocenters. The van der Waals surface area contributed by atoms with E-state index >= 15 is 0 Å². The maximum absolute atomic E-state index is 9.66. The fourth-order valence-electron chi connectivity index (χ4n) is 2.22. The summed E-state index contributed by atoms with van der Waals surface area (Å²) in [4.78, 5) is 0. The van der Waals surface area contributed by atoms with Crippen LogP contribution in [0.4, 0.5) is 17.1 Å². The topological polar surface area (TPSA) is 147 Å². The first-order chi connectivity index (χ1) is 12.5. The Kier molecular flexibility index (Phi) is 6.39. The largest absolute Gasteiger partial charge is 0.397 e. The molecule has 5 N–H and O–H groups in total. The molecule has 10 heteroatoms. The van der Waals surface area contributed by atoms with Crippen molar-refractivity contribution in [3.63, 3.8) is 0 Å². The number of rotatable bonds is 4. The van der Waals surface area contributed by atoms with Crippen molar-refractivity contribution in [2.24, 2.45) is 0 Å². The average Bonchev–Trinajstić information content (AvgIpc) is 2.54.